The SMILES string of the molecule is CCOC(=O)N[C@H](Cc1c[nH]c2ccccc12)C(=O)N/N=C\c1ccc(OCC(=O)Nc2ccccc2)cc1. The lowest BCUT2D eigenvalue weighted by atomic mass is 10.0. The molecule has 0 unspecified atom stereocenters. The second kappa shape index (κ2) is 13.4. The number of aromatic nitrogens is 1. The molecule has 1 heterocycles. The van der Waals surface area contributed by atoms with E-state index in [9.17, 15) is 14.4 Å². The molecule has 10 nitrogen and oxygen atoms in total. The van der Waals surface area contributed by atoms with E-state index < -0.39 is 18.0 Å². The summed E-state index contributed by atoms with van der Waals surface area (Å²) in [5.41, 5.74) is 5.69. The number of fused-ring (bicyclic) bond motifs is 1. The van der Waals surface area contributed by atoms with E-state index in [0.29, 0.717) is 17.0 Å². The van der Waals surface area contributed by atoms with Crippen LogP contribution in [0.1, 0.15) is 18.1 Å². The van der Waals surface area contributed by atoms with Gasteiger partial charge in [-0.2, -0.15) is 5.10 Å². The first-order valence-corrected chi connectivity index (χ1v) is 12.4. The molecule has 0 bridgehead atoms. The molecule has 39 heavy (non-hydrogen) atoms. The second-order valence-corrected chi connectivity index (χ2v) is 8.49. The van der Waals surface area contributed by atoms with Crippen LogP contribution < -0.4 is 20.8 Å². The molecular weight excluding hydrogens is 498 g/mol. The average Bonchev–Trinajstić information content (AvgIpc) is 3.35. The molecular formula is C29H29N5O5. The minimum atomic E-state index is -0.904. The fourth-order valence-electron chi connectivity index (χ4n) is 3.81. The number of nitrogens with zero attached hydrogens (tertiary/aromatic N) is 1. The molecule has 4 aromatic rings. The number of aromatic amines is 1. The summed E-state index contributed by atoms with van der Waals surface area (Å²) in [5.74, 6) is -0.251. The number of rotatable bonds is 11. The number of carbonyl (C=O) groups is 3. The van der Waals surface area contributed by atoms with Crippen LogP contribution in [0.15, 0.2) is 90.2 Å². The standard InChI is InChI=1S/C29H29N5O5/c1-2-38-29(37)33-26(16-21-18-30-25-11-7-6-10-24(21)25)28(36)34-31-17-20-12-14-23(15-13-20)39-19-27(35)32-22-8-4-3-5-9-22/h3-15,17-18,26,30H,2,16,19H2,1H3,(H,32,35)(H,33,37)(H,34,36)/b31-17-/t26-/m1/s1. The predicted molar refractivity (Wildman–Crippen MR) is 149 cm³/mol. The zero-order valence-corrected chi connectivity index (χ0v) is 21.3. The first-order chi connectivity index (χ1) is 19.0. The van der Waals surface area contributed by atoms with Gasteiger partial charge in [0.15, 0.2) is 6.61 Å². The average molecular weight is 528 g/mol. The monoisotopic (exact) mass is 527 g/mol. The number of nitrogens with one attached hydrogen (secondary N) is 4. The minimum Gasteiger partial charge on any atom is -0.484 e. The largest absolute Gasteiger partial charge is 0.484 e. The number of hydrogen-bond donors (Lipinski definition) is 4. The number of amides is 3. The van der Waals surface area contributed by atoms with Crippen LogP contribution in [-0.4, -0.2) is 48.4 Å². The quantitative estimate of drug-likeness (QED) is 0.173. The first kappa shape index (κ1) is 26.9. The zero-order chi connectivity index (χ0) is 27.5. The Morgan fingerprint density at radius 1 is 0.974 bits per heavy atom. The van der Waals surface area contributed by atoms with Gasteiger partial charge in [0, 0.05) is 29.2 Å². The molecule has 0 fully saturated rings. The summed E-state index contributed by atoms with van der Waals surface area (Å²) in [6, 6.07) is 22.8. The summed E-state index contributed by atoms with van der Waals surface area (Å²) in [5, 5.41) is 10.3. The van der Waals surface area contributed by atoms with Crippen molar-refractivity contribution in [3.8, 4) is 5.75 Å². The number of para-hydroxylation sites is 2. The van der Waals surface area contributed by atoms with Crippen molar-refractivity contribution >= 4 is 40.7 Å². The minimum absolute atomic E-state index is 0.135. The van der Waals surface area contributed by atoms with Crippen molar-refractivity contribution in [2.75, 3.05) is 18.5 Å². The van der Waals surface area contributed by atoms with E-state index in [1.807, 2.05) is 48.7 Å². The summed E-state index contributed by atoms with van der Waals surface area (Å²) in [4.78, 5) is 40.2. The lowest BCUT2D eigenvalue weighted by Crippen LogP contribution is -2.47. The van der Waals surface area contributed by atoms with Gasteiger partial charge >= 0.3 is 6.09 Å². The highest BCUT2D eigenvalue weighted by atomic mass is 16.5. The molecule has 0 saturated carbocycles. The Hall–Kier alpha value is -5.12. The maximum absolute atomic E-state index is 12.9. The highest BCUT2D eigenvalue weighted by molar-refractivity contribution is 5.92. The van der Waals surface area contributed by atoms with Crippen LogP contribution in [0.3, 0.4) is 0 Å². The van der Waals surface area contributed by atoms with Crippen LogP contribution >= 0.6 is 0 Å². The van der Waals surface area contributed by atoms with Gasteiger partial charge in [0.1, 0.15) is 11.8 Å². The van der Waals surface area contributed by atoms with Gasteiger partial charge in [0.25, 0.3) is 11.8 Å². The van der Waals surface area contributed by atoms with E-state index >= 15 is 0 Å². The van der Waals surface area contributed by atoms with Gasteiger partial charge in [0.2, 0.25) is 0 Å². The van der Waals surface area contributed by atoms with Crippen LogP contribution in [0.25, 0.3) is 10.9 Å². The number of hydrazone groups is 1. The Labute approximate surface area is 225 Å². The number of alkyl carbamates (subject to hydrolysis) is 1. The smallest absolute Gasteiger partial charge is 0.407 e. The van der Waals surface area contributed by atoms with Gasteiger partial charge in [0.05, 0.1) is 12.8 Å². The first-order valence-electron chi connectivity index (χ1n) is 12.4. The number of hydrogen-bond acceptors (Lipinski definition) is 6. The molecule has 3 aromatic carbocycles. The van der Waals surface area contributed by atoms with Crippen LogP contribution in [0.4, 0.5) is 10.5 Å². The second-order valence-electron chi connectivity index (χ2n) is 8.49. The Morgan fingerprint density at radius 3 is 2.49 bits per heavy atom. The van der Waals surface area contributed by atoms with Gasteiger partial charge in [-0.05, 0) is 60.5 Å². The van der Waals surface area contributed by atoms with Crippen LogP contribution in [0.5, 0.6) is 5.75 Å². The van der Waals surface area contributed by atoms with E-state index in [1.54, 1.807) is 43.3 Å². The topological polar surface area (TPSA) is 134 Å². The fraction of sp³-hybridized carbons (Fsp3) is 0.172. The Balaban J connectivity index is 1.31. The summed E-state index contributed by atoms with van der Waals surface area (Å²) in [6.07, 6.45) is 2.84. The molecule has 200 valence electrons. The van der Waals surface area contributed by atoms with E-state index in [0.717, 1.165) is 16.5 Å². The molecule has 3 amide bonds. The molecule has 10 heteroatoms. The molecule has 4 rings (SSSR count). The van der Waals surface area contributed by atoms with Crippen molar-refractivity contribution in [3.05, 3.63) is 96.2 Å². The number of benzene rings is 3. The summed E-state index contributed by atoms with van der Waals surface area (Å²) in [7, 11) is 0. The van der Waals surface area contributed by atoms with E-state index in [-0.39, 0.29) is 25.5 Å². The van der Waals surface area contributed by atoms with Crippen LogP contribution in [0, 0.1) is 0 Å². The summed E-state index contributed by atoms with van der Waals surface area (Å²) < 4.78 is 10.5. The molecule has 4 N–H and O–H groups in total. The number of H-pyrrole nitrogens is 1. The molecule has 0 aliphatic rings. The van der Waals surface area contributed by atoms with Gasteiger partial charge in [-0.15, -0.1) is 0 Å². The van der Waals surface area contributed by atoms with Gasteiger partial charge in [-0.25, -0.2) is 10.2 Å². The fourth-order valence-corrected chi connectivity index (χ4v) is 3.81. The molecule has 0 spiro atoms. The third-order valence-electron chi connectivity index (χ3n) is 5.68. The van der Waals surface area contributed by atoms with Crippen molar-refractivity contribution in [1.82, 2.24) is 15.7 Å². The van der Waals surface area contributed by atoms with Crippen molar-refractivity contribution < 1.29 is 23.9 Å². The molecule has 1 atom stereocenters. The molecule has 0 aliphatic heterocycles. The number of ether oxygens (including phenoxy) is 2. The maximum atomic E-state index is 12.9. The molecule has 0 saturated heterocycles. The molecule has 1 aromatic heterocycles. The van der Waals surface area contributed by atoms with Crippen molar-refractivity contribution in [2.45, 2.75) is 19.4 Å². The molecule has 0 aliphatic carbocycles. The zero-order valence-electron chi connectivity index (χ0n) is 21.3. The van der Waals surface area contributed by atoms with Crippen molar-refractivity contribution in [3.63, 3.8) is 0 Å². The summed E-state index contributed by atoms with van der Waals surface area (Å²) >= 11 is 0. The van der Waals surface area contributed by atoms with Crippen LogP contribution in [0.2, 0.25) is 0 Å². The third kappa shape index (κ3) is 7.93. The van der Waals surface area contributed by atoms with E-state index in [4.69, 9.17) is 9.47 Å². The summed E-state index contributed by atoms with van der Waals surface area (Å²) in [6.45, 7) is 1.74. The van der Waals surface area contributed by atoms with Crippen molar-refractivity contribution in [1.29, 1.82) is 0 Å². The van der Waals surface area contributed by atoms with E-state index in [1.165, 1.54) is 6.21 Å². The van der Waals surface area contributed by atoms with Gasteiger partial charge in [-0.1, -0.05) is 36.4 Å². The maximum Gasteiger partial charge on any atom is 0.407 e. The van der Waals surface area contributed by atoms with Gasteiger partial charge < -0.3 is 25.1 Å². The molecule has 0 radical (unpaired) electrons. The van der Waals surface area contributed by atoms with Gasteiger partial charge in [-0.3, -0.25) is 9.59 Å². The number of carbonyl (C=O) groups excluding carboxylic acids is 3. The lowest BCUT2D eigenvalue weighted by molar-refractivity contribution is -0.123. The lowest BCUT2D eigenvalue weighted by Gasteiger charge is -2.16. The normalized spacial score (nSPS) is 11.6. The predicted octanol–water partition coefficient (Wildman–Crippen LogP) is 3.99. The Morgan fingerprint density at radius 2 is 1.72 bits per heavy atom. The van der Waals surface area contributed by atoms with Crippen LogP contribution in [-0.2, 0) is 20.7 Å². The van der Waals surface area contributed by atoms with Crippen molar-refractivity contribution in [2.24, 2.45) is 5.10 Å². The van der Waals surface area contributed by atoms with E-state index in [2.05, 4.69) is 26.1 Å². The highest BCUT2D eigenvalue weighted by Gasteiger charge is 2.23. The number of anilines is 1. The highest BCUT2D eigenvalue weighted by Crippen LogP contribution is 2.19. The Kier molecular flexibility index (Phi) is 9.27. The third-order valence-corrected chi connectivity index (χ3v) is 5.68. The Bertz CT molecular complexity index is 1430.